The highest BCUT2D eigenvalue weighted by molar-refractivity contribution is 5.92. The third-order valence-corrected chi connectivity index (χ3v) is 5.94. The largest absolute Gasteiger partial charge is 0.384 e. The van der Waals surface area contributed by atoms with Gasteiger partial charge in [0.05, 0.1) is 6.61 Å². The van der Waals surface area contributed by atoms with Gasteiger partial charge in [-0.1, -0.05) is 0 Å². The number of ether oxygens (including phenoxy) is 1. The molecule has 2 atom stereocenters. The molecule has 0 aromatic carbocycles. The van der Waals surface area contributed by atoms with Crippen LogP contribution in [0.2, 0.25) is 0 Å². The van der Waals surface area contributed by atoms with Crippen molar-refractivity contribution in [2.24, 2.45) is 17.3 Å². The fraction of sp³-hybridized carbons (Fsp3) is 0.722. The zero-order valence-electron chi connectivity index (χ0n) is 14.4. The topological polar surface area (TPSA) is 58.6 Å². The molecule has 1 spiro atoms. The lowest BCUT2D eigenvalue weighted by molar-refractivity contribution is 0.0710. The highest BCUT2D eigenvalue weighted by Gasteiger charge is 2.51. The summed E-state index contributed by atoms with van der Waals surface area (Å²) in [6, 6.07) is 1.70. The van der Waals surface area contributed by atoms with E-state index in [1.165, 1.54) is 25.7 Å². The molecule has 0 unspecified atom stereocenters. The number of amides is 1. The van der Waals surface area contributed by atoms with E-state index in [0.29, 0.717) is 11.6 Å². The van der Waals surface area contributed by atoms with Crippen LogP contribution in [0.25, 0.3) is 0 Å². The maximum atomic E-state index is 12.7. The summed E-state index contributed by atoms with van der Waals surface area (Å²) in [5.41, 5.74) is 0.686. The fourth-order valence-electron chi connectivity index (χ4n) is 4.49. The molecule has 3 fully saturated rings. The Morgan fingerprint density at radius 1 is 1.42 bits per heavy atom. The molecule has 0 N–H and O–H groups in total. The average Bonchev–Trinajstić information content (AvgIpc) is 3.22. The molecule has 130 valence electrons. The van der Waals surface area contributed by atoms with Crippen molar-refractivity contribution >= 4 is 5.91 Å². The van der Waals surface area contributed by atoms with Gasteiger partial charge in [-0.25, -0.2) is 9.97 Å². The number of carbonyl (C=O) groups excluding carboxylic acids is 1. The Kier molecular flexibility index (Phi) is 4.26. The zero-order chi connectivity index (χ0) is 16.6. The molecule has 6 nitrogen and oxygen atoms in total. The molecule has 1 amide bonds. The number of hydrogen-bond donors (Lipinski definition) is 0. The Bertz CT molecular complexity index is 592. The summed E-state index contributed by atoms with van der Waals surface area (Å²) in [5, 5.41) is 0. The number of hydrogen-bond acceptors (Lipinski definition) is 5. The SMILES string of the molecule is COC[C@H]1CN(CC2CC2)C[C@@]12CCN(C(=O)c1ccncn1)C2. The van der Waals surface area contributed by atoms with Crippen molar-refractivity contribution in [3.63, 3.8) is 0 Å². The van der Waals surface area contributed by atoms with E-state index in [4.69, 9.17) is 4.74 Å². The van der Waals surface area contributed by atoms with E-state index in [1.54, 1.807) is 19.4 Å². The second kappa shape index (κ2) is 6.41. The van der Waals surface area contributed by atoms with Crippen LogP contribution in [0.1, 0.15) is 29.8 Å². The lowest BCUT2D eigenvalue weighted by Gasteiger charge is -2.30. The summed E-state index contributed by atoms with van der Waals surface area (Å²) in [7, 11) is 1.79. The molecule has 4 rings (SSSR count). The van der Waals surface area contributed by atoms with Gasteiger partial charge >= 0.3 is 0 Å². The molecule has 1 aliphatic carbocycles. The van der Waals surface area contributed by atoms with Gasteiger partial charge < -0.3 is 14.5 Å². The fourth-order valence-corrected chi connectivity index (χ4v) is 4.49. The third-order valence-electron chi connectivity index (χ3n) is 5.94. The maximum absolute atomic E-state index is 12.7. The molecule has 1 aromatic rings. The standard InChI is InChI=1S/C18H26N4O2/c1-24-10-15-9-21(8-14-2-3-14)11-18(15)5-7-22(12-18)17(23)16-4-6-19-13-20-16/h4,6,13-15H,2-3,5,7-12H2,1H3/t15-,18-/m1/s1. The summed E-state index contributed by atoms with van der Waals surface area (Å²) in [5.74, 6) is 1.46. The molecule has 6 heteroatoms. The summed E-state index contributed by atoms with van der Waals surface area (Å²) in [6.45, 7) is 5.87. The second-order valence-electron chi connectivity index (χ2n) is 7.72. The van der Waals surface area contributed by atoms with E-state index < -0.39 is 0 Å². The van der Waals surface area contributed by atoms with Crippen LogP contribution < -0.4 is 0 Å². The first kappa shape index (κ1) is 16.0. The maximum Gasteiger partial charge on any atom is 0.272 e. The van der Waals surface area contributed by atoms with E-state index in [0.717, 1.165) is 45.1 Å². The molecule has 24 heavy (non-hydrogen) atoms. The minimum Gasteiger partial charge on any atom is -0.384 e. The monoisotopic (exact) mass is 330 g/mol. The van der Waals surface area contributed by atoms with Crippen LogP contribution in [-0.4, -0.2) is 72.1 Å². The highest BCUT2D eigenvalue weighted by atomic mass is 16.5. The van der Waals surface area contributed by atoms with Gasteiger partial charge in [-0.15, -0.1) is 0 Å². The molecular formula is C18H26N4O2. The smallest absolute Gasteiger partial charge is 0.272 e. The number of carbonyl (C=O) groups is 1. The molecule has 3 aliphatic rings. The molecule has 0 radical (unpaired) electrons. The van der Waals surface area contributed by atoms with Gasteiger partial charge in [0.1, 0.15) is 12.0 Å². The third kappa shape index (κ3) is 3.05. The normalized spacial score (nSPS) is 30.4. The van der Waals surface area contributed by atoms with Crippen molar-refractivity contribution in [3.8, 4) is 0 Å². The zero-order valence-corrected chi connectivity index (χ0v) is 14.4. The number of aromatic nitrogens is 2. The summed E-state index contributed by atoms with van der Waals surface area (Å²) < 4.78 is 5.51. The van der Waals surface area contributed by atoms with Crippen molar-refractivity contribution in [2.45, 2.75) is 19.3 Å². The van der Waals surface area contributed by atoms with Gasteiger partial charge in [-0.05, 0) is 31.2 Å². The highest BCUT2D eigenvalue weighted by Crippen LogP contribution is 2.45. The van der Waals surface area contributed by atoms with Gasteiger partial charge in [-0.3, -0.25) is 4.79 Å². The molecule has 2 saturated heterocycles. The minimum absolute atomic E-state index is 0.0334. The molecule has 1 aromatic heterocycles. The number of rotatable bonds is 5. The van der Waals surface area contributed by atoms with E-state index in [9.17, 15) is 4.79 Å². The average molecular weight is 330 g/mol. The summed E-state index contributed by atoms with van der Waals surface area (Å²) in [4.78, 5) is 25.3. The molecule has 3 heterocycles. The Morgan fingerprint density at radius 3 is 3.00 bits per heavy atom. The summed E-state index contributed by atoms with van der Waals surface area (Å²) in [6.07, 6.45) is 6.92. The van der Waals surface area contributed by atoms with Crippen LogP contribution >= 0.6 is 0 Å². The Morgan fingerprint density at radius 2 is 2.29 bits per heavy atom. The van der Waals surface area contributed by atoms with Gasteiger partial charge in [0.25, 0.3) is 5.91 Å². The predicted octanol–water partition coefficient (Wildman–Crippen LogP) is 1.30. The van der Waals surface area contributed by atoms with Crippen LogP contribution in [-0.2, 0) is 4.74 Å². The molecule has 2 aliphatic heterocycles. The van der Waals surface area contributed by atoms with Crippen LogP contribution in [0.15, 0.2) is 18.6 Å². The molecule has 0 bridgehead atoms. The number of likely N-dealkylation sites (tertiary alicyclic amines) is 2. The Balaban J connectivity index is 1.46. The van der Waals surface area contributed by atoms with Crippen molar-refractivity contribution in [2.75, 3.05) is 46.4 Å². The Hall–Kier alpha value is -1.53. The van der Waals surface area contributed by atoms with Crippen molar-refractivity contribution < 1.29 is 9.53 Å². The van der Waals surface area contributed by atoms with E-state index >= 15 is 0 Å². The predicted molar refractivity (Wildman–Crippen MR) is 89.5 cm³/mol. The molecule has 1 saturated carbocycles. The Labute approximate surface area is 143 Å². The minimum atomic E-state index is 0.0334. The number of methoxy groups -OCH3 is 1. The number of nitrogens with zero attached hydrogens (tertiary/aromatic N) is 4. The van der Waals surface area contributed by atoms with Crippen LogP contribution in [0, 0.1) is 17.3 Å². The second-order valence-corrected chi connectivity index (χ2v) is 7.72. The quantitative estimate of drug-likeness (QED) is 0.814. The first-order chi connectivity index (χ1) is 11.7. The summed E-state index contributed by atoms with van der Waals surface area (Å²) >= 11 is 0. The molecular weight excluding hydrogens is 304 g/mol. The van der Waals surface area contributed by atoms with Gasteiger partial charge in [-0.2, -0.15) is 0 Å². The van der Waals surface area contributed by atoms with Crippen molar-refractivity contribution in [3.05, 3.63) is 24.3 Å². The van der Waals surface area contributed by atoms with E-state index in [2.05, 4.69) is 14.9 Å². The van der Waals surface area contributed by atoms with Crippen LogP contribution in [0.3, 0.4) is 0 Å². The van der Waals surface area contributed by atoms with Crippen LogP contribution in [0.4, 0.5) is 0 Å². The van der Waals surface area contributed by atoms with E-state index in [-0.39, 0.29) is 11.3 Å². The first-order valence-electron chi connectivity index (χ1n) is 8.97. The lowest BCUT2D eigenvalue weighted by Crippen LogP contribution is -2.38. The van der Waals surface area contributed by atoms with Gasteiger partial charge in [0.15, 0.2) is 0 Å². The van der Waals surface area contributed by atoms with E-state index in [1.807, 2.05) is 4.90 Å². The van der Waals surface area contributed by atoms with Gasteiger partial charge in [0, 0.05) is 57.4 Å². The lowest BCUT2D eigenvalue weighted by atomic mass is 9.77. The van der Waals surface area contributed by atoms with Crippen molar-refractivity contribution in [1.29, 1.82) is 0 Å². The first-order valence-corrected chi connectivity index (χ1v) is 8.97. The van der Waals surface area contributed by atoms with Crippen molar-refractivity contribution in [1.82, 2.24) is 19.8 Å². The van der Waals surface area contributed by atoms with Crippen LogP contribution in [0.5, 0.6) is 0 Å². The van der Waals surface area contributed by atoms with Gasteiger partial charge in [0.2, 0.25) is 0 Å².